The molecule has 0 aliphatic rings. The van der Waals surface area contributed by atoms with Crippen molar-refractivity contribution in [3.63, 3.8) is 0 Å². The van der Waals surface area contributed by atoms with Crippen LogP contribution < -0.4 is 15.6 Å². The van der Waals surface area contributed by atoms with E-state index in [9.17, 15) is 4.79 Å². The van der Waals surface area contributed by atoms with Gasteiger partial charge < -0.3 is 10.1 Å². The first-order chi connectivity index (χ1) is 13.6. The summed E-state index contributed by atoms with van der Waals surface area (Å²) >= 11 is 0. The molecule has 0 saturated heterocycles. The highest BCUT2D eigenvalue weighted by molar-refractivity contribution is 5.58. The standard InChI is InChI=1S/C21H21N5O2/c1-3-28-17-10-8-15(9-11-17)20-24-21-23-16(12-19(27)26(21)25-20)13-22-18-7-5-4-6-14(18)2/h4-12,22H,3,13H2,1-2H3,(H,23,24,25). The van der Waals surface area contributed by atoms with Crippen molar-refractivity contribution in [1.82, 2.24) is 19.6 Å². The molecule has 0 fully saturated rings. The van der Waals surface area contributed by atoms with E-state index in [1.807, 2.05) is 62.4 Å². The third-order valence-corrected chi connectivity index (χ3v) is 4.43. The topological polar surface area (TPSA) is 84.3 Å². The van der Waals surface area contributed by atoms with Crippen LogP contribution >= 0.6 is 0 Å². The first kappa shape index (κ1) is 17.8. The van der Waals surface area contributed by atoms with E-state index in [4.69, 9.17) is 4.74 Å². The van der Waals surface area contributed by atoms with Crippen molar-refractivity contribution < 1.29 is 4.74 Å². The highest BCUT2D eigenvalue weighted by Crippen LogP contribution is 2.20. The molecule has 2 aromatic heterocycles. The van der Waals surface area contributed by atoms with Crippen molar-refractivity contribution in [2.24, 2.45) is 0 Å². The maximum atomic E-state index is 12.5. The number of H-pyrrole nitrogens is 1. The zero-order valence-corrected chi connectivity index (χ0v) is 15.8. The first-order valence-corrected chi connectivity index (χ1v) is 9.15. The maximum absolute atomic E-state index is 12.5. The second kappa shape index (κ2) is 7.56. The van der Waals surface area contributed by atoms with Crippen LogP contribution in [0.3, 0.4) is 0 Å². The van der Waals surface area contributed by atoms with E-state index in [0.717, 1.165) is 22.6 Å². The summed E-state index contributed by atoms with van der Waals surface area (Å²) in [5.74, 6) is 1.72. The summed E-state index contributed by atoms with van der Waals surface area (Å²) in [6.07, 6.45) is 0. The van der Waals surface area contributed by atoms with Crippen LogP contribution in [0, 0.1) is 6.92 Å². The molecule has 0 amide bonds. The third-order valence-electron chi connectivity index (χ3n) is 4.43. The Kier molecular flexibility index (Phi) is 4.80. The maximum Gasteiger partial charge on any atom is 0.274 e. The van der Waals surface area contributed by atoms with Gasteiger partial charge in [0.2, 0.25) is 0 Å². The van der Waals surface area contributed by atoms with E-state index in [1.54, 1.807) is 0 Å². The molecule has 7 heteroatoms. The quantitative estimate of drug-likeness (QED) is 0.540. The van der Waals surface area contributed by atoms with Gasteiger partial charge in [-0.3, -0.25) is 9.89 Å². The number of hydrogen-bond donors (Lipinski definition) is 2. The van der Waals surface area contributed by atoms with Gasteiger partial charge in [0, 0.05) is 17.3 Å². The smallest absolute Gasteiger partial charge is 0.274 e. The minimum absolute atomic E-state index is 0.198. The molecule has 0 aliphatic heterocycles. The number of para-hydroxylation sites is 1. The second-order valence-corrected chi connectivity index (χ2v) is 6.42. The molecule has 142 valence electrons. The molecule has 0 bridgehead atoms. The zero-order valence-electron chi connectivity index (χ0n) is 15.8. The van der Waals surface area contributed by atoms with Crippen LogP contribution in [0.2, 0.25) is 0 Å². The Morgan fingerprint density at radius 3 is 2.64 bits per heavy atom. The molecule has 4 rings (SSSR count). The Hall–Kier alpha value is -3.61. The lowest BCUT2D eigenvalue weighted by atomic mass is 10.2. The molecule has 2 heterocycles. The molecule has 0 atom stereocenters. The minimum atomic E-state index is -0.198. The number of hydrogen-bond acceptors (Lipinski definition) is 5. The molecule has 2 aromatic carbocycles. The normalized spacial score (nSPS) is 10.9. The number of ether oxygens (including phenoxy) is 1. The van der Waals surface area contributed by atoms with E-state index >= 15 is 0 Å². The summed E-state index contributed by atoms with van der Waals surface area (Å²) in [5, 5.41) is 6.33. The lowest BCUT2D eigenvalue weighted by Gasteiger charge is -2.08. The third kappa shape index (κ3) is 3.59. The molecular weight excluding hydrogens is 354 g/mol. The predicted octanol–water partition coefficient (Wildman–Crippen LogP) is 3.40. The summed E-state index contributed by atoms with van der Waals surface area (Å²) in [7, 11) is 0. The van der Waals surface area contributed by atoms with Gasteiger partial charge in [0.25, 0.3) is 11.3 Å². The van der Waals surface area contributed by atoms with Crippen LogP contribution in [-0.2, 0) is 6.54 Å². The number of benzene rings is 2. The monoisotopic (exact) mass is 375 g/mol. The lowest BCUT2D eigenvalue weighted by Crippen LogP contribution is -2.17. The van der Waals surface area contributed by atoms with Gasteiger partial charge in [-0.2, -0.15) is 9.50 Å². The van der Waals surface area contributed by atoms with Crippen LogP contribution in [0.15, 0.2) is 59.4 Å². The molecule has 0 aliphatic carbocycles. The van der Waals surface area contributed by atoms with Crippen molar-refractivity contribution in [2.75, 3.05) is 11.9 Å². The van der Waals surface area contributed by atoms with Crippen LogP contribution in [0.5, 0.6) is 5.75 Å². The number of aromatic nitrogens is 4. The Morgan fingerprint density at radius 1 is 1.11 bits per heavy atom. The SMILES string of the molecule is CCOc1ccc(-c2nc3nc(CNc4ccccc4C)cc(=O)n3[nH]2)cc1. The number of nitrogens with one attached hydrogen (secondary N) is 2. The van der Waals surface area contributed by atoms with Gasteiger partial charge in [-0.05, 0) is 49.7 Å². The van der Waals surface area contributed by atoms with E-state index in [0.29, 0.717) is 30.4 Å². The van der Waals surface area contributed by atoms with E-state index < -0.39 is 0 Å². The number of aromatic amines is 1. The van der Waals surface area contributed by atoms with Crippen molar-refractivity contribution in [3.8, 4) is 17.1 Å². The van der Waals surface area contributed by atoms with Gasteiger partial charge in [-0.1, -0.05) is 18.2 Å². The highest BCUT2D eigenvalue weighted by Gasteiger charge is 2.10. The average Bonchev–Trinajstić information content (AvgIpc) is 3.13. The fourth-order valence-corrected chi connectivity index (χ4v) is 2.98. The van der Waals surface area contributed by atoms with Crippen molar-refractivity contribution >= 4 is 11.5 Å². The molecule has 28 heavy (non-hydrogen) atoms. The average molecular weight is 375 g/mol. The van der Waals surface area contributed by atoms with Gasteiger partial charge >= 0.3 is 0 Å². The van der Waals surface area contributed by atoms with Crippen LogP contribution in [0.25, 0.3) is 17.2 Å². The summed E-state index contributed by atoms with van der Waals surface area (Å²) in [6, 6.07) is 17.0. The summed E-state index contributed by atoms with van der Waals surface area (Å²) in [5.41, 5.74) is 3.45. The minimum Gasteiger partial charge on any atom is -0.494 e. The summed E-state index contributed by atoms with van der Waals surface area (Å²) in [4.78, 5) is 21.5. The molecule has 0 saturated carbocycles. The Morgan fingerprint density at radius 2 is 1.89 bits per heavy atom. The molecule has 0 radical (unpaired) electrons. The van der Waals surface area contributed by atoms with Gasteiger partial charge in [-0.15, -0.1) is 0 Å². The number of nitrogens with zero attached hydrogens (tertiary/aromatic N) is 3. The van der Waals surface area contributed by atoms with E-state index in [1.165, 1.54) is 10.6 Å². The summed E-state index contributed by atoms with van der Waals surface area (Å²) < 4.78 is 6.81. The van der Waals surface area contributed by atoms with E-state index in [2.05, 4.69) is 20.4 Å². The van der Waals surface area contributed by atoms with Crippen LogP contribution in [0.1, 0.15) is 18.2 Å². The number of aryl methyl sites for hydroxylation is 1. The summed E-state index contributed by atoms with van der Waals surface area (Å²) in [6.45, 7) is 5.03. The Bertz CT molecular complexity index is 1160. The molecule has 0 spiro atoms. The van der Waals surface area contributed by atoms with Gasteiger partial charge in [-0.25, -0.2) is 4.98 Å². The number of rotatable bonds is 6. The number of anilines is 1. The predicted molar refractivity (Wildman–Crippen MR) is 109 cm³/mol. The van der Waals surface area contributed by atoms with Gasteiger partial charge in [0.15, 0.2) is 5.82 Å². The van der Waals surface area contributed by atoms with E-state index in [-0.39, 0.29) is 5.56 Å². The first-order valence-electron chi connectivity index (χ1n) is 9.15. The fraction of sp³-hybridized carbons (Fsp3) is 0.190. The highest BCUT2D eigenvalue weighted by atomic mass is 16.5. The van der Waals surface area contributed by atoms with Crippen molar-refractivity contribution in [3.05, 3.63) is 76.2 Å². The number of fused-ring (bicyclic) bond motifs is 1. The molecule has 4 aromatic rings. The second-order valence-electron chi connectivity index (χ2n) is 6.42. The van der Waals surface area contributed by atoms with Crippen molar-refractivity contribution in [1.29, 1.82) is 0 Å². The Labute approximate surface area is 162 Å². The largest absolute Gasteiger partial charge is 0.494 e. The Balaban J connectivity index is 1.60. The molecular formula is C21H21N5O2. The molecule has 7 nitrogen and oxygen atoms in total. The fourth-order valence-electron chi connectivity index (χ4n) is 2.98. The van der Waals surface area contributed by atoms with Crippen LogP contribution in [0.4, 0.5) is 5.69 Å². The van der Waals surface area contributed by atoms with Crippen LogP contribution in [-0.4, -0.2) is 26.2 Å². The zero-order chi connectivity index (χ0) is 19.5. The lowest BCUT2D eigenvalue weighted by molar-refractivity contribution is 0.340. The van der Waals surface area contributed by atoms with Gasteiger partial charge in [0.05, 0.1) is 18.8 Å². The van der Waals surface area contributed by atoms with Gasteiger partial charge in [0.1, 0.15) is 5.75 Å². The molecule has 0 unspecified atom stereocenters. The molecule has 2 N–H and O–H groups in total. The van der Waals surface area contributed by atoms with Crippen molar-refractivity contribution in [2.45, 2.75) is 20.4 Å².